The van der Waals surface area contributed by atoms with Crippen LogP contribution >= 0.6 is 0 Å². The van der Waals surface area contributed by atoms with Crippen molar-refractivity contribution in [3.05, 3.63) is 39.6 Å². The predicted molar refractivity (Wildman–Crippen MR) is 119 cm³/mol. The van der Waals surface area contributed by atoms with Crippen molar-refractivity contribution in [2.75, 3.05) is 13.1 Å². The van der Waals surface area contributed by atoms with Crippen LogP contribution in [0, 0.1) is 17.0 Å². The van der Waals surface area contributed by atoms with Gasteiger partial charge in [-0.3, -0.25) is 14.9 Å². The van der Waals surface area contributed by atoms with Crippen LogP contribution in [0.1, 0.15) is 61.6 Å². The minimum atomic E-state index is -4.01. The van der Waals surface area contributed by atoms with Crippen LogP contribution in [0.5, 0.6) is 11.6 Å². The Morgan fingerprint density at radius 3 is 2.52 bits per heavy atom. The number of nitro groups is 1. The van der Waals surface area contributed by atoms with Crippen LogP contribution in [0.4, 0.5) is 5.69 Å². The second kappa shape index (κ2) is 8.75. The highest BCUT2D eigenvalue weighted by molar-refractivity contribution is 7.89. The fourth-order valence-electron chi connectivity index (χ4n) is 3.74. The number of nitrogens with one attached hydrogen (secondary N) is 1. The maximum absolute atomic E-state index is 13.3. The summed E-state index contributed by atoms with van der Waals surface area (Å²) >= 11 is 0. The number of ether oxygens (including phenoxy) is 1. The molecule has 11 nitrogen and oxygen atoms in total. The molecule has 1 saturated heterocycles. The largest absolute Gasteiger partial charge is 0.438 e. The molecule has 1 aromatic heterocycles. The molecular formula is C21H27N5O6S. The molecule has 1 aliphatic carbocycles. The van der Waals surface area contributed by atoms with Gasteiger partial charge in [-0.05, 0) is 52.5 Å². The molecule has 33 heavy (non-hydrogen) atoms. The summed E-state index contributed by atoms with van der Waals surface area (Å²) < 4.78 is 35.5. The summed E-state index contributed by atoms with van der Waals surface area (Å²) in [4.78, 5) is 23.1. The van der Waals surface area contributed by atoms with Gasteiger partial charge in [-0.25, -0.2) is 13.1 Å². The first kappa shape index (κ1) is 23.2. The molecule has 178 valence electrons. The highest BCUT2D eigenvalue weighted by Crippen LogP contribution is 2.37. The Balaban J connectivity index is 1.78. The quantitative estimate of drug-likeness (QED) is 0.455. The Bertz CT molecular complexity index is 1200. The average molecular weight is 478 g/mol. The van der Waals surface area contributed by atoms with Gasteiger partial charge in [-0.2, -0.15) is 9.40 Å². The van der Waals surface area contributed by atoms with Crippen LogP contribution < -0.4 is 10.1 Å². The second-order valence-corrected chi connectivity index (χ2v) is 10.6. The SMILES string of the molecule is Cc1c(C(=O)NC2CC2)nn(C(C)C)c1Oc1ccc([N+](=O)[O-])cc1S(=O)(=O)N1CCCC1. The van der Waals surface area contributed by atoms with Gasteiger partial charge in [0.05, 0.1) is 11.0 Å². The third-order valence-corrected chi connectivity index (χ3v) is 7.66. The third kappa shape index (κ3) is 4.58. The van der Waals surface area contributed by atoms with Crippen LogP contribution in [-0.2, 0) is 10.0 Å². The van der Waals surface area contributed by atoms with E-state index >= 15 is 0 Å². The lowest BCUT2D eigenvalue weighted by molar-refractivity contribution is -0.385. The van der Waals surface area contributed by atoms with Gasteiger partial charge in [-0.1, -0.05) is 0 Å². The second-order valence-electron chi connectivity index (χ2n) is 8.67. The molecular weight excluding hydrogens is 450 g/mol. The molecule has 4 rings (SSSR count). The number of benzene rings is 1. The van der Waals surface area contributed by atoms with Gasteiger partial charge < -0.3 is 10.1 Å². The fourth-order valence-corrected chi connectivity index (χ4v) is 5.39. The number of hydrogen-bond donors (Lipinski definition) is 1. The van der Waals surface area contributed by atoms with Gasteiger partial charge >= 0.3 is 0 Å². The molecule has 0 atom stereocenters. The number of aromatic nitrogens is 2. The van der Waals surface area contributed by atoms with E-state index in [1.807, 2.05) is 13.8 Å². The summed E-state index contributed by atoms with van der Waals surface area (Å²) in [5.74, 6) is -0.142. The first-order valence-corrected chi connectivity index (χ1v) is 12.4. The summed E-state index contributed by atoms with van der Waals surface area (Å²) in [6.45, 7) is 6.10. The number of carbonyl (C=O) groups is 1. The van der Waals surface area contributed by atoms with Crippen LogP contribution in [0.3, 0.4) is 0 Å². The van der Waals surface area contributed by atoms with E-state index in [9.17, 15) is 23.3 Å². The zero-order chi connectivity index (χ0) is 23.9. The third-order valence-electron chi connectivity index (χ3n) is 5.74. The summed E-state index contributed by atoms with van der Waals surface area (Å²) in [6.07, 6.45) is 3.31. The Morgan fingerprint density at radius 2 is 1.94 bits per heavy atom. The van der Waals surface area contributed by atoms with Crippen molar-refractivity contribution >= 4 is 21.6 Å². The summed E-state index contributed by atoms with van der Waals surface area (Å²) in [7, 11) is -4.01. The van der Waals surface area contributed by atoms with Gasteiger partial charge in [0.15, 0.2) is 5.69 Å². The van der Waals surface area contributed by atoms with Gasteiger partial charge in [0.2, 0.25) is 15.9 Å². The van der Waals surface area contributed by atoms with E-state index < -0.39 is 14.9 Å². The van der Waals surface area contributed by atoms with E-state index in [4.69, 9.17) is 4.74 Å². The minimum Gasteiger partial charge on any atom is -0.438 e. The van der Waals surface area contributed by atoms with Crippen molar-refractivity contribution in [3.8, 4) is 11.6 Å². The van der Waals surface area contributed by atoms with E-state index in [0.29, 0.717) is 18.7 Å². The average Bonchev–Trinajstić information content (AvgIpc) is 3.26. The zero-order valence-electron chi connectivity index (χ0n) is 18.8. The van der Waals surface area contributed by atoms with Gasteiger partial charge in [0, 0.05) is 36.8 Å². The molecule has 0 spiro atoms. The smallest absolute Gasteiger partial charge is 0.272 e. The lowest BCUT2D eigenvalue weighted by Gasteiger charge is -2.19. The molecule has 1 saturated carbocycles. The molecule has 1 N–H and O–H groups in total. The number of non-ortho nitro benzene ring substituents is 1. The van der Waals surface area contributed by atoms with E-state index in [0.717, 1.165) is 31.7 Å². The van der Waals surface area contributed by atoms with Gasteiger partial charge in [0.1, 0.15) is 10.6 Å². The Hall–Kier alpha value is -2.99. The molecule has 0 radical (unpaired) electrons. The van der Waals surface area contributed by atoms with Crippen molar-refractivity contribution < 1.29 is 22.9 Å². The Kier molecular flexibility index (Phi) is 6.14. The van der Waals surface area contributed by atoms with E-state index in [1.54, 1.807) is 6.92 Å². The molecule has 2 aromatic rings. The Morgan fingerprint density at radius 1 is 1.27 bits per heavy atom. The topological polar surface area (TPSA) is 137 Å². The van der Waals surface area contributed by atoms with E-state index in [2.05, 4.69) is 10.4 Å². The molecule has 2 aliphatic rings. The summed E-state index contributed by atoms with van der Waals surface area (Å²) in [6, 6.07) is 3.47. The maximum atomic E-state index is 13.3. The lowest BCUT2D eigenvalue weighted by atomic mass is 10.2. The molecule has 2 fully saturated rings. The highest BCUT2D eigenvalue weighted by Gasteiger charge is 2.33. The molecule has 12 heteroatoms. The van der Waals surface area contributed by atoms with Gasteiger partial charge in [-0.15, -0.1) is 0 Å². The molecule has 1 amide bonds. The van der Waals surface area contributed by atoms with Crippen molar-refractivity contribution in [1.82, 2.24) is 19.4 Å². The molecule has 1 aliphatic heterocycles. The van der Waals surface area contributed by atoms with E-state index in [1.165, 1.54) is 21.1 Å². The number of nitrogens with zero attached hydrogens (tertiary/aromatic N) is 4. The minimum absolute atomic E-state index is 0.0495. The number of carbonyl (C=O) groups excluding carboxylic acids is 1. The van der Waals surface area contributed by atoms with Crippen molar-refractivity contribution in [1.29, 1.82) is 0 Å². The number of nitro benzene ring substituents is 1. The molecule has 2 heterocycles. The number of rotatable bonds is 8. The number of sulfonamides is 1. The predicted octanol–water partition coefficient (Wildman–Crippen LogP) is 3.15. The number of amides is 1. The molecule has 0 unspecified atom stereocenters. The van der Waals surface area contributed by atoms with E-state index in [-0.39, 0.29) is 45.9 Å². The van der Waals surface area contributed by atoms with Crippen LogP contribution in [0.2, 0.25) is 0 Å². The lowest BCUT2D eigenvalue weighted by Crippen LogP contribution is -2.28. The molecule has 1 aromatic carbocycles. The monoisotopic (exact) mass is 477 g/mol. The fraction of sp³-hybridized carbons (Fsp3) is 0.524. The van der Waals surface area contributed by atoms with Crippen LogP contribution in [0.15, 0.2) is 23.1 Å². The summed E-state index contributed by atoms with van der Waals surface area (Å²) in [5.41, 5.74) is 0.319. The maximum Gasteiger partial charge on any atom is 0.272 e. The van der Waals surface area contributed by atoms with Crippen LogP contribution in [0.25, 0.3) is 0 Å². The van der Waals surface area contributed by atoms with Crippen molar-refractivity contribution in [2.45, 2.75) is 63.4 Å². The normalized spacial score (nSPS) is 16.8. The first-order valence-electron chi connectivity index (χ1n) is 11.0. The van der Waals surface area contributed by atoms with Crippen LogP contribution in [-0.4, -0.2) is 52.5 Å². The highest BCUT2D eigenvalue weighted by atomic mass is 32.2. The first-order chi connectivity index (χ1) is 15.6. The summed E-state index contributed by atoms with van der Waals surface area (Å²) in [5, 5.41) is 18.6. The standard InChI is InChI=1S/C21H27N5O6S/c1-13(2)25-21(14(3)19(23-25)20(27)22-15-6-7-15)32-17-9-8-16(26(28)29)12-18(17)33(30,31)24-10-4-5-11-24/h8-9,12-13,15H,4-7,10-11H2,1-3H3,(H,22,27). The molecule has 0 bridgehead atoms. The van der Waals surface area contributed by atoms with Gasteiger partial charge in [0.25, 0.3) is 11.6 Å². The van der Waals surface area contributed by atoms with Crippen molar-refractivity contribution in [2.24, 2.45) is 0 Å². The van der Waals surface area contributed by atoms with Crippen molar-refractivity contribution in [3.63, 3.8) is 0 Å². The zero-order valence-corrected chi connectivity index (χ0v) is 19.6. The Labute approximate surface area is 191 Å². The number of hydrogen-bond acceptors (Lipinski definition) is 7.